The molecule has 0 amide bonds. The van der Waals surface area contributed by atoms with E-state index in [0.29, 0.717) is 11.3 Å². The number of hydrogen-bond donors (Lipinski definition) is 1. The molecule has 1 heterocycles. The normalized spacial score (nSPS) is 11.7. The lowest BCUT2D eigenvalue weighted by atomic mass is 10.1. The minimum atomic E-state index is -3.54. The standard InChI is InChI=1S/C19H14N2O5S/c1-27(24,25)13-7-8-16(17(11-13)21(22)23)20-12-6-9-19-15(10-12)14-4-2-3-5-18(14)26-19/h2-11,20H,1H3. The maximum absolute atomic E-state index is 11.7. The zero-order chi connectivity index (χ0) is 19.2. The lowest BCUT2D eigenvalue weighted by Crippen LogP contribution is -2.01. The first-order chi connectivity index (χ1) is 12.8. The van der Waals surface area contributed by atoms with E-state index in [9.17, 15) is 18.5 Å². The van der Waals surface area contributed by atoms with Gasteiger partial charge in [0.15, 0.2) is 9.84 Å². The molecule has 1 aromatic heterocycles. The van der Waals surface area contributed by atoms with E-state index in [2.05, 4.69) is 5.32 Å². The predicted octanol–water partition coefficient (Wildman–Crippen LogP) is 4.64. The number of anilines is 2. The Bertz CT molecular complexity index is 1310. The van der Waals surface area contributed by atoms with Crippen molar-refractivity contribution in [3.05, 3.63) is 70.8 Å². The molecule has 0 fully saturated rings. The number of para-hydroxylation sites is 1. The summed E-state index contributed by atoms with van der Waals surface area (Å²) < 4.78 is 29.1. The molecule has 1 N–H and O–H groups in total. The molecule has 3 aromatic carbocycles. The van der Waals surface area contributed by atoms with Crippen molar-refractivity contribution in [1.82, 2.24) is 0 Å². The van der Waals surface area contributed by atoms with Gasteiger partial charge in [-0.05, 0) is 36.4 Å². The van der Waals surface area contributed by atoms with Gasteiger partial charge in [-0.1, -0.05) is 18.2 Å². The van der Waals surface area contributed by atoms with E-state index in [1.807, 2.05) is 30.3 Å². The first-order valence-corrected chi connectivity index (χ1v) is 9.89. The SMILES string of the molecule is CS(=O)(=O)c1ccc(Nc2ccc3oc4ccccc4c3c2)c([N+](=O)[O-])c1. The number of benzene rings is 3. The van der Waals surface area contributed by atoms with Gasteiger partial charge in [0.1, 0.15) is 16.9 Å². The summed E-state index contributed by atoms with van der Waals surface area (Å²) in [6, 6.07) is 16.8. The lowest BCUT2D eigenvalue weighted by Gasteiger charge is -2.08. The van der Waals surface area contributed by atoms with Crippen LogP contribution in [0.4, 0.5) is 17.1 Å². The second-order valence-electron chi connectivity index (χ2n) is 6.14. The first-order valence-electron chi connectivity index (χ1n) is 8.00. The lowest BCUT2D eigenvalue weighted by molar-refractivity contribution is -0.384. The smallest absolute Gasteiger partial charge is 0.293 e. The van der Waals surface area contributed by atoms with Crippen molar-refractivity contribution >= 4 is 48.8 Å². The van der Waals surface area contributed by atoms with Crippen molar-refractivity contribution in [3.63, 3.8) is 0 Å². The third-order valence-electron chi connectivity index (χ3n) is 4.25. The molecule has 4 rings (SSSR count). The van der Waals surface area contributed by atoms with Crippen molar-refractivity contribution in [2.75, 3.05) is 11.6 Å². The van der Waals surface area contributed by atoms with Gasteiger partial charge in [-0.3, -0.25) is 10.1 Å². The average molecular weight is 382 g/mol. The van der Waals surface area contributed by atoms with E-state index in [-0.39, 0.29) is 16.3 Å². The average Bonchev–Trinajstić information content (AvgIpc) is 2.99. The van der Waals surface area contributed by atoms with Crippen molar-refractivity contribution in [2.45, 2.75) is 4.90 Å². The van der Waals surface area contributed by atoms with Crippen LogP contribution in [0, 0.1) is 10.1 Å². The Morgan fingerprint density at radius 1 is 0.963 bits per heavy atom. The van der Waals surface area contributed by atoms with Gasteiger partial charge in [0.2, 0.25) is 0 Å². The third-order valence-corrected chi connectivity index (χ3v) is 5.36. The highest BCUT2D eigenvalue weighted by molar-refractivity contribution is 7.90. The molecule has 8 heteroatoms. The summed E-state index contributed by atoms with van der Waals surface area (Å²) in [6.07, 6.45) is 1.01. The Morgan fingerprint density at radius 2 is 1.70 bits per heavy atom. The van der Waals surface area contributed by atoms with Gasteiger partial charge in [-0.15, -0.1) is 0 Å². The van der Waals surface area contributed by atoms with Crippen LogP contribution in [-0.4, -0.2) is 19.6 Å². The summed E-state index contributed by atoms with van der Waals surface area (Å²) in [7, 11) is -3.54. The van der Waals surface area contributed by atoms with Crippen molar-refractivity contribution in [1.29, 1.82) is 0 Å². The summed E-state index contributed by atoms with van der Waals surface area (Å²) in [4.78, 5) is 10.7. The molecule has 0 saturated heterocycles. The van der Waals surface area contributed by atoms with E-state index in [1.54, 1.807) is 12.1 Å². The Balaban J connectivity index is 1.79. The number of furan rings is 1. The molecular formula is C19H14N2O5S. The quantitative estimate of drug-likeness (QED) is 0.407. The number of nitrogens with zero attached hydrogens (tertiary/aromatic N) is 1. The summed E-state index contributed by atoms with van der Waals surface area (Å²) >= 11 is 0. The van der Waals surface area contributed by atoms with Crippen LogP contribution in [-0.2, 0) is 9.84 Å². The molecule has 0 saturated carbocycles. The molecule has 0 radical (unpaired) electrons. The van der Waals surface area contributed by atoms with Crippen LogP contribution in [0.15, 0.2) is 70.0 Å². The van der Waals surface area contributed by atoms with E-state index < -0.39 is 14.8 Å². The first kappa shape index (κ1) is 17.0. The Kier molecular flexibility index (Phi) is 3.85. The number of nitrogens with one attached hydrogen (secondary N) is 1. The van der Waals surface area contributed by atoms with E-state index in [4.69, 9.17) is 4.42 Å². The third kappa shape index (κ3) is 3.11. The second-order valence-corrected chi connectivity index (χ2v) is 8.16. The van der Waals surface area contributed by atoms with Gasteiger partial charge in [0.05, 0.1) is 9.82 Å². The molecule has 4 aromatic rings. The maximum Gasteiger partial charge on any atom is 0.293 e. The fourth-order valence-electron chi connectivity index (χ4n) is 2.96. The molecule has 27 heavy (non-hydrogen) atoms. The molecule has 7 nitrogen and oxygen atoms in total. The molecule has 0 unspecified atom stereocenters. The minimum Gasteiger partial charge on any atom is -0.456 e. The van der Waals surface area contributed by atoms with Crippen LogP contribution in [0.5, 0.6) is 0 Å². The van der Waals surface area contributed by atoms with Crippen molar-refractivity contribution < 1.29 is 17.8 Å². The molecule has 136 valence electrons. The van der Waals surface area contributed by atoms with Gasteiger partial charge >= 0.3 is 0 Å². The Morgan fingerprint density at radius 3 is 2.44 bits per heavy atom. The number of nitro benzene ring substituents is 1. The highest BCUT2D eigenvalue weighted by atomic mass is 32.2. The van der Waals surface area contributed by atoms with Crippen LogP contribution in [0.3, 0.4) is 0 Å². The minimum absolute atomic E-state index is 0.101. The molecule has 0 spiro atoms. The number of sulfone groups is 1. The summed E-state index contributed by atoms with van der Waals surface area (Å²) in [5.74, 6) is 0. The van der Waals surface area contributed by atoms with Gasteiger partial charge in [0, 0.05) is 28.8 Å². The van der Waals surface area contributed by atoms with Gasteiger partial charge in [0.25, 0.3) is 5.69 Å². The molecule has 0 atom stereocenters. The molecule has 0 aliphatic heterocycles. The van der Waals surface area contributed by atoms with E-state index in [1.165, 1.54) is 12.1 Å². The summed E-state index contributed by atoms with van der Waals surface area (Å²) in [6.45, 7) is 0. The van der Waals surface area contributed by atoms with Crippen LogP contribution in [0.2, 0.25) is 0 Å². The van der Waals surface area contributed by atoms with E-state index >= 15 is 0 Å². The molecule has 0 aliphatic rings. The number of rotatable bonds is 4. The summed E-state index contributed by atoms with van der Waals surface area (Å²) in [5.41, 5.74) is 2.00. The van der Waals surface area contributed by atoms with Crippen LogP contribution >= 0.6 is 0 Å². The Labute approximate surface area is 154 Å². The number of fused-ring (bicyclic) bond motifs is 3. The van der Waals surface area contributed by atoms with Crippen molar-refractivity contribution in [2.24, 2.45) is 0 Å². The van der Waals surface area contributed by atoms with Crippen molar-refractivity contribution in [3.8, 4) is 0 Å². The zero-order valence-electron chi connectivity index (χ0n) is 14.2. The predicted molar refractivity (Wildman–Crippen MR) is 103 cm³/mol. The fraction of sp³-hybridized carbons (Fsp3) is 0.0526. The fourth-order valence-corrected chi connectivity index (χ4v) is 3.60. The monoisotopic (exact) mass is 382 g/mol. The van der Waals surface area contributed by atoms with Crippen LogP contribution in [0.25, 0.3) is 21.9 Å². The Hall–Kier alpha value is -3.39. The maximum atomic E-state index is 11.7. The molecule has 0 aliphatic carbocycles. The largest absolute Gasteiger partial charge is 0.456 e. The second kappa shape index (κ2) is 6.10. The molecular weight excluding hydrogens is 368 g/mol. The highest BCUT2D eigenvalue weighted by Crippen LogP contribution is 2.34. The summed E-state index contributed by atoms with van der Waals surface area (Å²) in [5, 5.41) is 16.2. The van der Waals surface area contributed by atoms with E-state index in [0.717, 1.165) is 28.7 Å². The zero-order valence-corrected chi connectivity index (χ0v) is 15.0. The van der Waals surface area contributed by atoms with Gasteiger partial charge < -0.3 is 9.73 Å². The van der Waals surface area contributed by atoms with Crippen LogP contribution < -0.4 is 5.32 Å². The molecule has 0 bridgehead atoms. The van der Waals surface area contributed by atoms with Gasteiger partial charge in [-0.25, -0.2) is 8.42 Å². The number of hydrogen-bond acceptors (Lipinski definition) is 6. The highest BCUT2D eigenvalue weighted by Gasteiger charge is 2.19. The number of nitro groups is 1. The van der Waals surface area contributed by atoms with Crippen LogP contribution in [0.1, 0.15) is 0 Å². The van der Waals surface area contributed by atoms with Gasteiger partial charge in [-0.2, -0.15) is 0 Å². The topological polar surface area (TPSA) is 102 Å².